The van der Waals surface area contributed by atoms with Gasteiger partial charge in [0.1, 0.15) is 0 Å². The fourth-order valence-electron chi connectivity index (χ4n) is 9.07. The number of unbranched alkanes of at least 4 members (excludes halogenated alkanes) is 28. The Morgan fingerprint density at radius 1 is 0.460 bits per heavy atom. The van der Waals surface area contributed by atoms with Crippen molar-refractivity contribution >= 4 is 11.4 Å². The van der Waals surface area contributed by atoms with Crippen molar-refractivity contribution in [1.29, 1.82) is 0 Å². The molecule has 0 spiro atoms. The van der Waals surface area contributed by atoms with E-state index in [1.807, 2.05) is 14.4 Å². The summed E-state index contributed by atoms with van der Waals surface area (Å²) in [5, 5.41) is 2.56. The van der Waals surface area contributed by atoms with E-state index in [0.29, 0.717) is 0 Å². The second-order valence-electron chi connectivity index (χ2n) is 18.5. The van der Waals surface area contributed by atoms with Crippen LogP contribution in [0.5, 0.6) is 0 Å². The first kappa shape index (κ1) is 56.9. The van der Waals surface area contributed by atoms with Crippen molar-refractivity contribution in [1.82, 2.24) is 0 Å². The predicted molar refractivity (Wildman–Crippen MR) is 278 cm³/mol. The first-order chi connectivity index (χ1) is 31.1. The Labute approximate surface area is 398 Å². The SMILES string of the molecule is CCCCCCCCCCCCCCCCCCCCCCCCC=CCCc1ccccc1C1=C(CCCCCCCC)C=C(c2cccc(CCCC)c2)[N+]1=[N-].C[CH2][Ni][CH2]C. The number of benzene rings is 2. The van der Waals surface area contributed by atoms with Crippen molar-refractivity contribution in [2.24, 2.45) is 0 Å². The molecule has 3 rings (SSSR count). The molecule has 2 nitrogen and oxygen atoms in total. The van der Waals surface area contributed by atoms with Crippen molar-refractivity contribution in [3.05, 3.63) is 100 Å². The summed E-state index contributed by atoms with van der Waals surface area (Å²) < 4.78 is 1.51. The topological polar surface area (TPSA) is 25.3 Å². The molecule has 1 heterocycles. The van der Waals surface area contributed by atoms with Crippen LogP contribution in [0.1, 0.15) is 269 Å². The van der Waals surface area contributed by atoms with Crippen LogP contribution in [0.2, 0.25) is 10.8 Å². The van der Waals surface area contributed by atoms with E-state index < -0.39 is 0 Å². The molecule has 0 N–H and O–H groups in total. The van der Waals surface area contributed by atoms with Crippen LogP contribution in [-0.4, -0.2) is 4.70 Å². The van der Waals surface area contributed by atoms with Gasteiger partial charge in [0.15, 0.2) is 0 Å². The molecule has 3 heteroatoms. The Balaban J connectivity index is 0.00000257. The Hall–Kier alpha value is -2.25. The van der Waals surface area contributed by atoms with Crippen LogP contribution >= 0.6 is 0 Å². The molecular weight excluding hydrogens is 807 g/mol. The van der Waals surface area contributed by atoms with Gasteiger partial charge in [-0.1, -0.05) is 237 Å². The van der Waals surface area contributed by atoms with Crippen molar-refractivity contribution in [3.8, 4) is 0 Å². The van der Waals surface area contributed by atoms with E-state index >= 15 is 0 Å². The number of rotatable bonds is 40. The van der Waals surface area contributed by atoms with Crippen LogP contribution in [0, 0.1) is 0 Å². The molecule has 2 aromatic carbocycles. The molecular formula is C60H100N2Ni. The van der Waals surface area contributed by atoms with Gasteiger partial charge in [-0.05, 0) is 80.7 Å². The summed E-state index contributed by atoms with van der Waals surface area (Å²) in [6, 6.07) is 17.6. The number of aryl methyl sites for hydroxylation is 2. The third-order valence-corrected chi connectivity index (χ3v) is 13.9. The van der Waals surface area contributed by atoms with Crippen molar-refractivity contribution in [2.75, 3.05) is 0 Å². The molecule has 1 aliphatic heterocycles. The third-order valence-electron chi connectivity index (χ3n) is 13.0. The Morgan fingerprint density at radius 3 is 1.44 bits per heavy atom. The zero-order chi connectivity index (χ0) is 45.3. The molecule has 0 unspecified atom stereocenters. The van der Waals surface area contributed by atoms with Crippen LogP contribution in [0.25, 0.3) is 16.9 Å². The second kappa shape index (κ2) is 41.2. The zero-order valence-electron chi connectivity index (χ0n) is 42.2. The molecule has 2 aromatic rings. The average Bonchev–Trinajstić information content (AvgIpc) is 3.63. The monoisotopic (exact) mass is 907 g/mol. The first-order valence-corrected chi connectivity index (χ1v) is 28.7. The van der Waals surface area contributed by atoms with E-state index in [1.54, 1.807) is 0 Å². The third kappa shape index (κ3) is 27.7. The molecule has 63 heavy (non-hydrogen) atoms. The van der Waals surface area contributed by atoms with E-state index in [0.717, 1.165) is 42.6 Å². The molecule has 0 atom stereocenters. The van der Waals surface area contributed by atoms with Gasteiger partial charge in [0.05, 0.1) is 0 Å². The second-order valence-corrected chi connectivity index (χ2v) is 20.4. The van der Waals surface area contributed by atoms with Gasteiger partial charge < -0.3 is 5.53 Å². The van der Waals surface area contributed by atoms with E-state index in [-0.39, 0.29) is 0 Å². The Bertz CT molecular complexity index is 1480. The van der Waals surface area contributed by atoms with Crippen molar-refractivity contribution < 1.29 is 19.1 Å². The molecule has 0 amide bonds. The van der Waals surface area contributed by atoms with Crippen LogP contribution in [-0.2, 0) is 27.3 Å². The van der Waals surface area contributed by atoms with Crippen molar-refractivity contribution in [3.63, 3.8) is 0 Å². The summed E-state index contributed by atoms with van der Waals surface area (Å²) in [6.45, 7) is 11.2. The first-order valence-electron chi connectivity index (χ1n) is 27.3. The quantitative estimate of drug-likeness (QED) is 0.0276. The molecule has 0 radical (unpaired) electrons. The van der Waals surface area contributed by atoms with Crippen molar-refractivity contribution in [2.45, 2.75) is 270 Å². The van der Waals surface area contributed by atoms with Crippen LogP contribution in [0.3, 0.4) is 0 Å². The molecule has 0 bridgehead atoms. The van der Waals surface area contributed by atoms with E-state index in [4.69, 9.17) is 0 Å². The Kier molecular flexibility index (Phi) is 37.2. The van der Waals surface area contributed by atoms with E-state index in [9.17, 15) is 5.53 Å². The van der Waals surface area contributed by atoms with Gasteiger partial charge in [-0.15, -0.1) is 0 Å². The van der Waals surface area contributed by atoms with Gasteiger partial charge in [0.25, 0.3) is 0 Å². The molecule has 0 aliphatic carbocycles. The van der Waals surface area contributed by atoms with Crippen LogP contribution in [0.4, 0.5) is 0 Å². The van der Waals surface area contributed by atoms with Crippen LogP contribution < -0.4 is 0 Å². The summed E-state index contributed by atoms with van der Waals surface area (Å²) in [6.07, 6.45) is 54.1. The summed E-state index contributed by atoms with van der Waals surface area (Å²) in [5.74, 6) is 0. The fourth-order valence-corrected chi connectivity index (χ4v) is 9.56. The summed E-state index contributed by atoms with van der Waals surface area (Å²) in [7, 11) is 0. The molecule has 0 aromatic heterocycles. The van der Waals surface area contributed by atoms with Crippen LogP contribution in [0.15, 0.2) is 72.3 Å². The van der Waals surface area contributed by atoms with Gasteiger partial charge in [-0.2, -0.15) is 0 Å². The normalized spacial score (nSPS) is 12.8. The summed E-state index contributed by atoms with van der Waals surface area (Å²) in [5.41, 5.74) is 20.0. The number of nitrogens with zero attached hydrogens (tertiary/aromatic N) is 2. The summed E-state index contributed by atoms with van der Waals surface area (Å²) >= 11 is 1.82. The molecule has 1 aliphatic rings. The van der Waals surface area contributed by atoms with Gasteiger partial charge in [0, 0.05) is 22.8 Å². The standard InChI is InChI=1S/C56H90N2.2C2H5.Ni/c1-4-7-10-12-14-15-16-17-18-19-20-21-22-23-24-25-26-27-28-29-30-31-32-33-35-36-43-51-44-38-39-47-54(51)56-53(45-37-34-13-11-8-5-2)49-55(58(56)57)52-46-40-42-50(48-52)41-9-6-3;2*1-2;/h33,35,38-40,42,44,46-49H,4-32,34,36-37,41,43,45H2,1-3H3;2*1H2,2H3;. The number of allylic oxidation sites excluding steroid dienone is 4. The van der Waals surface area contributed by atoms with E-state index in [2.05, 4.69) is 101 Å². The summed E-state index contributed by atoms with van der Waals surface area (Å²) in [4.78, 5) is 0. The van der Waals surface area contributed by atoms with Gasteiger partial charge >= 0.3 is 39.1 Å². The van der Waals surface area contributed by atoms with Gasteiger partial charge in [0.2, 0.25) is 11.4 Å². The zero-order valence-corrected chi connectivity index (χ0v) is 43.2. The maximum atomic E-state index is 11.9. The van der Waals surface area contributed by atoms with Gasteiger partial charge in [-0.25, -0.2) is 4.70 Å². The Morgan fingerprint density at radius 2 is 0.937 bits per heavy atom. The average molecular weight is 908 g/mol. The number of hydrogen-bond acceptors (Lipinski definition) is 0. The molecule has 0 saturated carbocycles. The number of hydrogen-bond donors (Lipinski definition) is 0. The predicted octanol–water partition coefficient (Wildman–Crippen LogP) is 21.0. The molecule has 0 saturated heterocycles. The van der Waals surface area contributed by atoms with Gasteiger partial charge in [-0.3, -0.25) is 0 Å². The maximum absolute atomic E-state index is 11.9. The fraction of sp³-hybridized carbons (Fsp3) is 0.700. The molecule has 360 valence electrons. The minimum atomic E-state index is 0.921. The van der Waals surface area contributed by atoms with E-state index in [1.165, 1.54) is 237 Å². The minimum absolute atomic E-state index is 0.921. The molecule has 0 fully saturated rings.